The minimum atomic E-state index is -1.15. The lowest BCUT2D eigenvalue weighted by Gasteiger charge is -2.69. The fourth-order valence-electron chi connectivity index (χ4n) is 9.63. The van der Waals surface area contributed by atoms with Crippen molar-refractivity contribution in [2.75, 3.05) is 0 Å². The summed E-state index contributed by atoms with van der Waals surface area (Å²) in [5, 5.41) is 9.93. The van der Waals surface area contributed by atoms with Crippen molar-refractivity contribution < 1.29 is 29.0 Å². The van der Waals surface area contributed by atoms with Crippen LogP contribution >= 0.6 is 11.8 Å². The number of aliphatic hydroxyl groups is 1. The molecular formula is C40H55NO6S. The van der Waals surface area contributed by atoms with Gasteiger partial charge in [0.2, 0.25) is 11.0 Å². The monoisotopic (exact) mass is 677 g/mol. The average Bonchev–Trinajstić information content (AvgIpc) is 3.02. The quantitative estimate of drug-likeness (QED) is 0.165. The van der Waals surface area contributed by atoms with Crippen LogP contribution in [0.15, 0.2) is 70.8 Å². The summed E-state index contributed by atoms with van der Waals surface area (Å²) in [6.45, 7) is 16.3. The molecule has 5 aliphatic rings. The van der Waals surface area contributed by atoms with Gasteiger partial charge in [-0.15, -0.1) is 0 Å². The molecule has 3 N–H and O–H groups in total. The van der Waals surface area contributed by atoms with Crippen molar-refractivity contribution in [2.45, 2.75) is 125 Å². The van der Waals surface area contributed by atoms with Crippen LogP contribution in [0.4, 0.5) is 0 Å². The summed E-state index contributed by atoms with van der Waals surface area (Å²) in [6, 6.07) is 0. The van der Waals surface area contributed by atoms with Gasteiger partial charge in [-0.05, 0) is 105 Å². The van der Waals surface area contributed by atoms with E-state index in [1.807, 2.05) is 37.3 Å². The molecule has 1 amide bonds. The first-order valence-electron chi connectivity index (χ1n) is 17.6. The fourth-order valence-corrected chi connectivity index (χ4v) is 10.6. The lowest BCUT2D eigenvalue weighted by atomic mass is 9.35. The number of carbonyl (C=O) groups excluding carboxylic acids is 3. The summed E-state index contributed by atoms with van der Waals surface area (Å²) in [5.41, 5.74) is 7.46. The molecule has 5 rings (SSSR count). The molecule has 3 saturated carbocycles. The highest BCUT2D eigenvalue weighted by Crippen LogP contribution is 2.74. The van der Waals surface area contributed by atoms with Gasteiger partial charge in [0.25, 0.3) is 0 Å². The minimum Gasteiger partial charge on any atom is -0.461 e. The highest BCUT2D eigenvalue weighted by atomic mass is 32.2. The first-order chi connectivity index (χ1) is 22.4. The molecule has 0 heterocycles. The number of carbonyl (C=O) groups is 3. The number of aliphatic hydroxyl groups excluding tert-OH is 1. The van der Waals surface area contributed by atoms with E-state index in [1.165, 1.54) is 31.2 Å². The summed E-state index contributed by atoms with van der Waals surface area (Å²) in [5.74, 6) is 0.0918. The molecule has 7 nitrogen and oxygen atoms in total. The molecule has 0 aliphatic heterocycles. The zero-order valence-corrected chi connectivity index (χ0v) is 30.9. The Morgan fingerprint density at radius 2 is 1.69 bits per heavy atom. The number of rotatable bonds is 6. The van der Waals surface area contributed by atoms with Gasteiger partial charge < -0.3 is 20.3 Å². The van der Waals surface area contributed by atoms with Crippen molar-refractivity contribution in [3.05, 3.63) is 70.8 Å². The first-order valence-corrected chi connectivity index (χ1v) is 18.5. The van der Waals surface area contributed by atoms with Crippen LogP contribution in [0.25, 0.3) is 0 Å². The van der Waals surface area contributed by atoms with Gasteiger partial charge in [-0.25, -0.2) is 0 Å². The van der Waals surface area contributed by atoms with Gasteiger partial charge in [-0.1, -0.05) is 88.4 Å². The smallest absolute Gasteiger partial charge is 0.308 e. The average molecular weight is 678 g/mol. The van der Waals surface area contributed by atoms with E-state index in [1.54, 1.807) is 0 Å². The summed E-state index contributed by atoms with van der Waals surface area (Å²) in [6.07, 6.45) is 21.2. The maximum absolute atomic E-state index is 13.8. The number of allylic oxidation sites excluding steroid dienone is 7. The molecular weight excluding hydrogens is 623 g/mol. The highest BCUT2D eigenvalue weighted by Gasteiger charge is 2.66. The number of nitrogens with two attached hydrogens (primary N) is 1. The summed E-state index contributed by atoms with van der Waals surface area (Å²) in [7, 11) is 0. The summed E-state index contributed by atoms with van der Waals surface area (Å²) >= 11 is 1.28. The summed E-state index contributed by atoms with van der Waals surface area (Å²) < 4.78 is 11.6. The Labute approximate surface area is 291 Å². The normalized spacial score (nSPS) is 43.0. The molecule has 0 aromatic carbocycles. The molecule has 0 radical (unpaired) electrons. The van der Waals surface area contributed by atoms with Gasteiger partial charge in [0.1, 0.15) is 0 Å². The number of thioether (sulfide) groups is 1. The minimum absolute atomic E-state index is 0.00205. The number of hydrogen-bond donors (Lipinski definition) is 2. The van der Waals surface area contributed by atoms with Gasteiger partial charge in [-0.3, -0.25) is 14.4 Å². The third-order valence-electron chi connectivity index (χ3n) is 12.9. The van der Waals surface area contributed by atoms with E-state index in [2.05, 4.69) is 46.8 Å². The van der Waals surface area contributed by atoms with Crippen molar-refractivity contribution in [2.24, 2.45) is 38.7 Å². The van der Waals surface area contributed by atoms with Crippen LogP contribution in [0.3, 0.4) is 0 Å². The van der Waals surface area contributed by atoms with E-state index >= 15 is 0 Å². The third-order valence-corrected chi connectivity index (χ3v) is 13.9. The molecule has 2 unspecified atom stereocenters. The van der Waals surface area contributed by atoms with Crippen molar-refractivity contribution >= 4 is 28.8 Å². The second kappa shape index (κ2) is 13.1. The van der Waals surface area contributed by atoms with Crippen molar-refractivity contribution in [1.82, 2.24) is 0 Å². The number of ether oxygens (including phenoxy) is 2. The molecule has 8 atom stereocenters. The second-order valence-electron chi connectivity index (χ2n) is 16.3. The van der Waals surface area contributed by atoms with E-state index in [-0.39, 0.29) is 44.0 Å². The van der Waals surface area contributed by atoms with Crippen LogP contribution in [0.2, 0.25) is 0 Å². The van der Waals surface area contributed by atoms with Crippen molar-refractivity contribution in [1.29, 1.82) is 0 Å². The number of esters is 1. The van der Waals surface area contributed by atoms with E-state index in [0.717, 1.165) is 57.8 Å². The maximum Gasteiger partial charge on any atom is 0.308 e. The molecule has 0 bridgehead atoms. The van der Waals surface area contributed by atoms with Gasteiger partial charge in [0, 0.05) is 28.6 Å². The predicted octanol–water partition coefficient (Wildman–Crippen LogP) is 8.37. The molecule has 8 heteroatoms. The zero-order valence-electron chi connectivity index (χ0n) is 30.1. The van der Waals surface area contributed by atoms with E-state index < -0.39 is 23.1 Å². The molecule has 0 aromatic rings. The van der Waals surface area contributed by atoms with Gasteiger partial charge in [-0.2, -0.15) is 0 Å². The highest BCUT2D eigenvalue weighted by molar-refractivity contribution is 8.14. The summed E-state index contributed by atoms with van der Waals surface area (Å²) in [4.78, 5) is 39.0. The Bertz CT molecular complexity index is 1550. The number of hydrogen-bond acceptors (Lipinski definition) is 7. The molecule has 5 aliphatic carbocycles. The molecule has 0 saturated heterocycles. The Kier molecular flexibility index (Phi) is 9.97. The van der Waals surface area contributed by atoms with Gasteiger partial charge in [0.15, 0.2) is 17.8 Å². The SMILES string of the molecule is CC(=O)OC1=C(OC(C)O)/C(C)=C/C(SC(=O)C2=CCCC=C2)/C=C2\[C@](C)(\C=C\1)CC[C@@]1(C)[C@@H]3C[C@](C)(C(N)=O)CC[C@]3(C)CC[C@]21C. The Morgan fingerprint density at radius 3 is 2.31 bits per heavy atom. The van der Waals surface area contributed by atoms with Crippen LogP contribution < -0.4 is 5.73 Å². The van der Waals surface area contributed by atoms with Crippen molar-refractivity contribution in [3.63, 3.8) is 0 Å². The largest absolute Gasteiger partial charge is 0.461 e. The van der Waals surface area contributed by atoms with E-state index in [9.17, 15) is 19.5 Å². The third kappa shape index (κ3) is 6.56. The fraction of sp³-hybridized carbons (Fsp3) is 0.625. The zero-order chi connectivity index (χ0) is 35.3. The predicted molar refractivity (Wildman–Crippen MR) is 191 cm³/mol. The number of amides is 1. The van der Waals surface area contributed by atoms with E-state index in [4.69, 9.17) is 15.2 Å². The van der Waals surface area contributed by atoms with Gasteiger partial charge in [0.05, 0.1) is 0 Å². The van der Waals surface area contributed by atoms with Crippen LogP contribution in [-0.4, -0.2) is 33.6 Å². The standard InChI is InChI=1S/C40H55NO6S/c1-25-22-29(48-34(44)28-12-10-9-11-13-28)23-31-36(4,15-14-30(46-26(2)42)33(25)47-27(3)43)18-21-40(8)32-24-38(6,35(41)45)17-16-37(32,5)19-20-39(31,40)7/h10,12-15,22-23,27,29,32,43H,9,11,16-21,24H2,1-8H3,(H2,41,45)/b15-14+,25-22+,31-23+,33-30-/t27?,29?,32-,36-,37-,38-,39-,40+/m1/s1. The number of primary amides is 1. The molecule has 48 heavy (non-hydrogen) atoms. The van der Waals surface area contributed by atoms with Crippen LogP contribution in [0, 0.1) is 33.0 Å². The van der Waals surface area contributed by atoms with Crippen LogP contribution in [0.5, 0.6) is 0 Å². The molecule has 262 valence electrons. The Hall–Kier alpha value is -2.84. The molecule has 3 fully saturated rings. The first kappa shape index (κ1) is 36.4. The Morgan fingerprint density at radius 1 is 0.979 bits per heavy atom. The number of fused-ring (bicyclic) bond motifs is 5. The maximum atomic E-state index is 13.8. The second-order valence-corrected chi connectivity index (χ2v) is 17.4. The van der Waals surface area contributed by atoms with Crippen LogP contribution in [0.1, 0.15) is 113 Å². The van der Waals surface area contributed by atoms with Crippen molar-refractivity contribution in [3.8, 4) is 0 Å². The topological polar surface area (TPSA) is 116 Å². The van der Waals surface area contributed by atoms with Gasteiger partial charge >= 0.3 is 5.97 Å². The van der Waals surface area contributed by atoms with E-state index in [0.29, 0.717) is 17.1 Å². The molecule has 0 spiro atoms. The lowest BCUT2D eigenvalue weighted by Crippen LogP contribution is -2.62. The van der Waals surface area contributed by atoms with Crippen LogP contribution in [-0.2, 0) is 23.9 Å². The Balaban J connectivity index is 1.70. The molecule has 0 aromatic heterocycles. The lowest BCUT2D eigenvalue weighted by molar-refractivity contribution is -0.167.